The molecule has 6 nitrogen and oxygen atoms in total. The van der Waals surface area contributed by atoms with Crippen molar-refractivity contribution in [3.05, 3.63) is 46.9 Å². The molecular weight excluding hydrogens is 540 g/mol. The lowest BCUT2D eigenvalue weighted by molar-refractivity contribution is 0.0257. The third-order valence-electron chi connectivity index (χ3n) is 5.88. The molecule has 1 N–H and O–H groups in total. The van der Waals surface area contributed by atoms with Gasteiger partial charge in [-0.15, -0.1) is 0 Å². The molecule has 1 aliphatic heterocycles. The average Bonchev–Trinajstić information content (AvgIpc) is 3.31. The summed E-state index contributed by atoms with van der Waals surface area (Å²) in [5.74, 6) is -2.72. The number of carbonyl (C=O) groups excluding carboxylic acids is 1. The molecule has 1 aliphatic rings. The zero-order valence-electron chi connectivity index (χ0n) is 20.0. The van der Waals surface area contributed by atoms with Gasteiger partial charge >= 0.3 is 6.09 Å². The number of nitrogens with zero attached hydrogens (tertiary/aromatic N) is 2. The maximum absolute atomic E-state index is 14.1. The number of nitrogens with one attached hydrogen (secondary N) is 1. The highest BCUT2D eigenvalue weighted by molar-refractivity contribution is 9.10. The topological polar surface area (TPSA) is 75.4 Å². The summed E-state index contributed by atoms with van der Waals surface area (Å²) in [4.78, 5) is 15.2. The highest BCUT2D eigenvalue weighted by atomic mass is 79.9. The van der Waals surface area contributed by atoms with Gasteiger partial charge in [0.1, 0.15) is 5.60 Å². The van der Waals surface area contributed by atoms with Gasteiger partial charge in [0.25, 0.3) is 5.92 Å². The predicted octanol–water partition coefficient (Wildman–Crippen LogP) is 7.12. The molecule has 1 fully saturated rings. The van der Waals surface area contributed by atoms with E-state index in [2.05, 4.69) is 15.9 Å². The fourth-order valence-corrected chi connectivity index (χ4v) is 5.51. The van der Waals surface area contributed by atoms with E-state index < -0.39 is 33.9 Å². The molecule has 2 aromatic carbocycles. The van der Waals surface area contributed by atoms with Gasteiger partial charge in [-0.3, -0.25) is 0 Å². The third-order valence-corrected chi connectivity index (χ3v) is 8.20. The van der Waals surface area contributed by atoms with E-state index in [0.717, 1.165) is 9.86 Å². The molecule has 0 radical (unpaired) electrons. The molecule has 1 aromatic heterocycles. The van der Waals surface area contributed by atoms with Gasteiger partial charge in [0.15, 0.2) is 0 Å². The third kappa shape index (κ3) is 5.23. The van der Waals surface area contributed by atoms with Crippen molar-refractivity contribution in [2.24, 2.45) is 0 Å². The lowest BCUT2D eigenvalue weighted by atomic mass is 10.1. The summed E-state index contributed by atoms with van der Waals surface area (Å²) in [6.07, 6.45) is -0.893. The Morgan fingerprint density at radius 1 is 1.20 bits per heavy atom. The van der Waals surface area contributed by atoms with Crippen LogP contribution in [0.25, 0.3) is 22.2 Å². The van der Waals surface area contributed by atoms with Crippen molar-refractivity contribution in [2.45, 2.75) is 50.5 Å². The van der Waals surface area contributed by atoms with Crippen molar-refractivity contribution in [3.63, 3.8) is 0 Å². The van der Waals surface area contributed by atoms with E-state index >= 15 is 0 Å². The molecule has 188 valence electrons. The van der Waals surface area contributed by atoms with Crippen LogP contribution in [0.15, 0.2) is 51.8 Å². The van der Waals surface area contributed by atoms with Gasteiger partial charge in [-0.2, -0.15) is 0 Å². The van der Waals surface area contributed by atoms with Crippen molar-refractivity contribution >= 4 is 48.3 Å². The van der Waals surface area contributed by atoms with Gasteiger partial charge in [0.05, 0.1) is 27.5 Å². The number of hydrogen-bond donors (Lipinski definition) is 1. The van der Waals surface area contributed by atoms with Crippen LogP contribution in [0.5, 0.6) is 0 Å². The lowest BCUT2D eigenvalue weighted by Gasteiger charge is -2.24. The van der Waals surface area contributed by atoms with Crippen molar-refractivity contribution in [1.29, 1.82) is 4.78 Å². The fourth-order valence-electron chi connectivity index (χ4n) is 4.20. The Labute approximate surface area is 212 Å². The molecule has 10 heteroatoms. The minimum absolute atomic E-state index is 0.107. The van der Waals surface area contributed by atoms with Gasteiger partial charge in [-0.25, -0.2) is 27.1 Å². The summed E-state index contributed by atoms with van der Waals surface area (Å²) in [7, 11) is -3.09. The molecule has 0 bridgehead atoms. The molecule has 0 saturated carbocycles. The normalized spacial score (nSPS) is 17.5. The minimum Gasteiger partial charge on any atom is -0.443 e. The monoisotopic (exact) mass is 567 g/mol. The zero-order valence-corrected chi connectivity index (χ0v) is 22.4. The summed E-state index contributed by atoms with van der Waals surface area (Å²) < 4.78 is 57.4. The largest absolute Gasteiger partial charge is 0.443 e. The highest BCUT2D eigenvalue weighted by Crippen LogP contribution is 2.41. The maximum Gasteiger partial charge on any atom is 0.419 e. The maximum atomic E-state index is 14.1. The quantitative estimate of drug-likeness (QED) is 0.364. The minimum atomic E-state index is -3.09. The SMILES string of the molecule is CCS(=N)(=O)c1ccc(N2CCC(F)(F)C2)c(-c2cc3cc(Br)ccc3n2C(=O)OC(C)(C)C)c1. The second-order valence-corrected chi connectivity index (χ2v) is 13.0. The standard InChI is InChI=1S/C25H28BrF2N3O3S/c1-5-35(29,33)18-7-9-21(30-11-10-25(27,28)15-30)19(14-18)22-13-16-12-17(26)6-8-20(16)31(22)23(32)34-24(2,3)4/h6-9,12-14,29H,5,10-11,15H2,1-4H3. The number of halogens is 3. The Kier molecular flexibility index (Phi) is 6.51. The van der Waals surface area contributed by atoms with Gasteiger partial charge < -0.3 is 9.64 Å². The second kappa shape index (κ2) is 8.89. The molecule has 3 aromatic rings. The molecule has 0 amide bonds. The van der Waals surface area contributed by atoms with Crippen LogP contribution in [0.1, 0.15) is 34.1 Å². The summed E-state index contributed by atoms with van der Waals surface area (Å²) in [6, 6.07) is 12.0. The molecule has 1 atom stereocenters. The first-order valence-electron chi connectivity index (χ1n) is 11.3. The first kappa shape index (κ1) is 25.6. The number of carbonyl (C=O) groups is 1. The summed E-state index contributed by atoms with van der Waals surface area (Å²) >= 11 is 3.46. The Morgan fingerprint density at radius 2 is 1.91 bits per heavy atom. The fraction of sp³-hybridized carbons (Fsp3) is 0.400. The van der Waals surface area contributed by atoms with Crippen LogP contribution in [-0.2, 0) is 14.5 Å². The molecule has 0 aliphatic carbocycles. The summed E-state index contributed by atoms with van der Waals surface area (Å²) in [5, 5.41) is 0.741. The van der Waals surface area contributed by atoms with Crippen molar-refractivity contribution in [2.75, 3.05) is 23.7 Å². The van der Waals surface area contributed by atoms with E-state index in [9.17, 15) is 17.8 Å². The predicted molar refractivity (Wildman–Crippen MR) is 138 cm³/mol. The number of aromatic nitrogens is 1. The van der Waals surface area contributed by atoms with E-state index in [1.807, 2.05) is 6.07 Å². The highest BCUT2D eigenvalue weighted by Gasteiger charge is 2.39. The van der Waals surface area contributed by atoms with Crippen molar-refractivity contribution < 1.29 is 22.5 Å². The summed E-state index contributed by atoms with van der Waals surface area (Å²) in [6.45, 7) is 6.65. The van der Waals surface area contributed by atoms with Crippen LogP contribution < -0.4 is 4.90 Å². The van der Waals surface area contributed by atoms with Crippen LogP contribution in [0, 0.1) is 4.78 Å². The van der Waals surface area contributed by atoms with E-state index in [0.29, 0.717) is 22.5 Å². The second-order valence-electron chi connectivity index (χ2n) is 9.72. The Balaban J connectivity index is 2.01. The van der Waals surface area contributed by atoms with Crippen LogP contribution in [0.4, 0.5) is 19.3 Å². The summed E-state index contributed by atoms with van der Waals surface area (Å²) in [5.41, 5.74) is 1.18. The van der Waals surface area contributed by atoms with Crippen LogP contribution in [0.2, 0.25) is 0 Å². The van der Waals surface area contributed by atoms with E-state index in [1.54, 1.807) is 69.0 Å². The van der Waals surface area contributed by atoms with E-state index in [1.165, 1.54) is 4.57 Å². The zero-order chi connectivity index (χ0) is 25.8. The van der Waals surface area contributed by atoms with Gasteiger partial charge in [0.2, 0.25) is 0 Å². The Hall–Kier alpha value is -2.46. The number of rotatable bonds is 4. The number of hydrogen-bond acceptors (Lipinski definition) is 5. The number of ether oxygens (including phenoxy) is 1. The van der Waals surface area contributed by atoms with Gasteiger partial charge in [-0.1, -0.05) is 22.9 Å². The lowest BCUT2D eigenvalue weighted by Crippen LogP contribution is -2.28. The Morgan fingerprint density at radius 3 is 2.51 bits per heavy atom. The molecule has 35 heavy (non-hydrogen) atoms. The molecule has 1 unspecified atom stereocenters. The van der Waals surface area contributed by atoms with Crippen LogP contribution >= 0.6 is 15.9 Å². The average molecular weight is 568 g/mol. The number of anilines is 1. The molecule has 2 heterocycles. The first-order chi connectivity index (χ1) is 16.2. The first-order valence-corrected chi connectivity index (χ1v) is 13.8. The molecular formula is C25H28BrF2N3O3S. The van der Waals surface area contributed by atoms with Crippen molar-refractivity contribution in [1.82, 2.24) is 4.57 Å². The molecule has 4 rings (SSSR count). The molecule has 1 saturated heterocycles. The van der Waals surface area contributed by atoms with E-state index in [-0.39, 0.29) is 23.6 Å². The van der Waals surface area contributed by atoms with Crippen molar-refractivity contribution in [3.8, 4) is 11.3 Å². The number of fused-ring (bicyclic) bond motifs is 1. The van der Waals surface area contributed by atoms with E-state index in [4.69, 9.17) is 9.52 Å². The number of alkyl halides is 2. The van der Waals surface area contributed by atoms with Gasteiger partial charge in [-0.05, 0) is 63.2 Å². The van der Waals surface area contributed by atoms with Crippen LogP contribution in [-0.4, -0.2) is 45.2 Å². The van der Waals surface area contributed by atoms with Crippen LogP contribution in [0.3, 0.4) is 0 Å². The van der Waals surface area contributed by atoms with Gasteiger partial charge in [0, 0.05) is 44.7 Å². The number of benzene rings is 2. The molecule has 0 spiro atoms. The Bertz CT molecular complexity index is 1410. The smallest absolute Gasteiger partial charge is 0.419 e.